The van der Waals surface area contributed by atoms with Gasteiger partial charge in [0.2, 0.25) is 0 Å². The molecular weight excluding hydrogens is 220 g/mol. The highest BCUT2D eigenvalue weighted by Crippen LogP contribution is 2.38. The Morgan fingerprint density at radius 3 is 2.61 bits per heavy atom. The first kappa shape index (κ1) is 16.0. The Bertz CT molecular complexity index is 237. The van der Waals surface area contributed by atoms with Crippen molar-refractivity contribution in [3.05, 3.63) is 0 Å². The molecule has 0 radical (unpaired) electrons. The predicted octanol–water partition coefficient (Wildman–Crippen LogP) is 3.38. The minimum atomic E-state index is 0.537. The Kier molecular flexibility index (Phi) is 6.13. The van der Waals surface area contributed by atoms with Crippen LogP contribution in [0.25, 0.3) is 0 Å². The van der Waals surface area contributed by atoms with Gasteiger partial charge in [-0.3, -0.25) is 0 Å². The lowest BCUT2D eigenvalue weighted by Crippen LogP contribution is -2.46. The zero-order valence-corrected chi connectivity index (χ0v) is 13.4. The SMILES string of the molecule is CCC(C)CN(C)CC1CC(C)(C)CCC1NC. The first-order valence-electron chi connectivity index (χ1n) is 7.73. The van der Waals surface area contributed by atoms with Crippen molar-refractivity contribution in [1.29, 1.82) is 0 Å². The zero-order chi connectivity index (χ0) is 13.8. The highest BCUT2D eigenvalue weighted by atomic mass is 15.1. The van der Waals surface area contributed by atoms with Gasteiger partial charge in [0.05, 0.1) is 0 Å². The molecule has 0 bridgehead atoms. The smallest absolute Gasteiger partial charge is 0.0105 e. The van der Waals surface area contributed by atoms with Crippen LogP contribution in [0, 0.1) is 17.3 Å². The summed E-state index contributed by atoms with van der Waals surface area (Å²) in [5.41, 5.74) is 0.537. The van der Waals surface area contributed by atoms with E-state index in [1.54, 1.807) is 0 Å². The van der Waals surface area contributed by atoms with Crippen molar-refractivity contribution in [1.82, 2.24) is 10.2 Å². The number of nitrogens with zero attached hydrogens (tertiary/aromatic N) is 1. The molecule has 3 atom stereocenters. The number of hydrogen-bond acceptors (Lipinski definition) is 2. The van der Waals surface area contributed by atoms with Crippen molar-refractivity contribution in [2.24, 2.45) is 17.3 Å². The third-order valence-electron chi connectivity index (χ3n) is 4.75. The summed E-state index contributed by atoms with van der Waals surface area (Å²) in [4.78, 5) is 2.55. The Morgan fingerprint density at radius 1 is 1.39 bits per heavy atom. The van der Waals surface area contributed by atoms with Crippen LogP contribution in [0.3, 0.4) is 0 Å². The van der Waals surface area contributed by atoms with E-state index in [-0.39, 0.29) is 0 Å². The molecule has 0 aromatic carbocycles. The summed E-state index contributed by atoms with van der Waals surface area (Å²) < 4.78 is 0. The Labute approximate surface area is 115 Å². The van der Waals surface area contributed by atoms with Gasteiger partial charge in [-0.25, -0.2) is 0 Å². The summed E-state index contributed by atoms with van der Waals surface area (Å²) in [5.74, 6) is 1.63. The summed E-state index contributed by atoms with van der Waals surface area (Å²) in [6, 6.07) is 0.720. The Balaban J connectivity index is 2.50. The van der Waals surface area contributed by atoms with Crippen LogP contribution in [0.1, 0.15) is 53.4 Å². The second kappa shape index (κ2) is 6.91. The maximum Gasteiger partial charge on any atom is 0.0105 e. The fraction of sp³-hybridized carbons (Fsp3) is 1.00. The van der Waals surface area contributed by atoms with Gasteiger partial charge in [0.1, 0.15) is 0 Å². The maximum atomic E-state index is 3.54. The lowest BCUT2D eigenvalue weighted by molar-refractivity contribution is 0.107. The maximum absolute atomic E-state index is 3.54. The standard InChI is InChI=1S/C16H34N2/c1-7-13(2)11-18(6)12-14-10-16(3,4)9-8-15(14)17-5/h13-15,17H,7-12H2,1-6H3. The van der Waals surface area contributed by atoms with Crippen LogP contribution in [-0.2, 0) is 0 Å². The van der Waals surface area contributed by atoms with E-state index in [1.807, 2.05) is 0 Å². The van der Waals surface area contributed by atoms with E-state index in [0.29, 0.717) is 5.41 Å². The first-order valence-corrected chi connectivity index (χ1v) is 7.73. The molecule has 18 heavy (non-hydrogen) atoms. The highest BCUT2D eigenvalue weighted by molar-refractivity contribution is 4.89. The van der Waals surface area contributed by atoms with Gasteiger partial charge >= 0.3 is 0 Å². The van der Waals surface area contributed by atoms with Gasteiger partial charge in [0.25, 0.3) is 0 Å². The number of rotatable bonds is 6. The number of hydrogen-bond donors (Lipinski definition) is 1. The van der Waals surface area contributed by atoms with Crippen LogP contribution in [0.15, 0.2) is 0 Å². The van der Waals surface area contributed by atoms with Crippen LogP contribution in [0.2, 0.25) is 0 Å². The van der Waals surface area contributed by atoms with E-state index in [0.717, 1.165) is 17.9 Å². The van der Waals surface area contributed by atoms with E-state index < -0.39 is 0 Å². The van der Waals surface area contributed by atoms with E-state index in [9.17, 15) is 0 Å². The normalized spacial score (nSPS) is 29.5. The molecule has 0 aromatic heterocycles. The molecule has 0 aliphatic heterocycles. The molecule has 0 heterocycles. The third kappa shape index (κ3) is 4.89. The molecule has 3 unspecified atom stereocenters. The second-order valence-electron chi connectivity index (χ2n) is 7.30. The largest absolute Gasteiger partial charge is 0.317 e. The molecule has 1 fully saturated rings. The van der Waals surface area contributed by atoms with Gasteiger partial charge in [-0.05, 0) is 50.6 Å². The van der Waals surface area contributed by atoms with E-state index in [2.05, 4.69) is 52.0 Å². The molecule has 1 rings (SSSR count). The van der Waals surface area contributed by atoms with Crippen LogP contribution in [0.4, 0.5) is 0 Å². The monoisotopic (exact) mass is 254 g/mol. The van der Waals surface area contributed by atoms with Crippen molar-refractivity contribution in [2.45, 2.75) is 59.4 Å². The van der Waals surface area contributed by atoms with Crippen LogP contribution in [0.5, 0.6) is 0 Å². The topological polar surface area (TPSA) is 15.3 Å². The number of nitrogens with one attached hydrogen (secondary N) is 1. The molecule has 0 aromatic rings. The summed E-state index contributed by atoms with van der Waals surface area (Å²) >= 11 is 0. The molecule has 1 saturated carbocycles. The van der Waals surface area contributed by atoms with Gasteiger partial charge in [-0.15, -0.1) is 0 Å². The van der Waals surface area contributed by atoms with Gasteiger partial charge in [-0.1, -0.05) is 34.1 Å². The van der Waals surface area contributed by atoms with E-state index in [4.69, 9.17) is 0 Å². The third-order valence-corrected chi connectivity index (χ3v) is 4.75. The minimum Gasteiger partial charge on any atom is -0.317 e. The molecule has 2 nitrogen and oxygen atoms in total. The molecular formula is C16H34N2. The average molecular weight is 254 g/mol. The van der Waals surface area contributed by atoms with Gasteiger partial charge in [0.15, 0.2) is 0 Å². The van der Waals surface area contributed by atoms with E-state index >= 15 is 0 Å². The molecule has 0 saturated heterocycles. The molecule has 0 spiro atoms. The summed E-state index contributed by atoms with van der Waals surface area (Å²) in [5, 5.41) is 3.54. The second-order valence-corrected chi connectivity index (χ2v) is 7.30. The predicted molar refractivity (Wildman–Crippen MR) is 80.9 cm³/mol. The van der Waals surface area contributed by atoms with Crippen molar-refractivity contribution in [3.8, 4) is 0 Å². The van der Waals surface area contributed by atoms with Crippen molar-refractivity contribution in [2.75, 3.05) is 27.2 Å². The fourth-order valence-corrected chi connectivity index (χ4v) is 3.44. The van der Waals surface area contributed by atoms with Crippen LogP contribution in [-0.4, -0.2) is 38.1 Å². The van der Waals surface area contributed by atoms with Crippen LogP contribution < -0.4 is 5.32 Å². The Hall–Kier alpha value is -0.0800. The summed E-state index contributed by atoms with van der Waals surface area (Å²) in [6.07, 6.45) is 5.36. The fourth-order valence-electron chi connectivity index (χ4n) is 3.44. The Morgan fingerprint density at radius 2 is 2.06 bits per heavy atom. The summed E-state index contributed by atoms with van der Waals surface area (Å²) in [7, 11) is 4.42. The molecule has 0 amide bonds. The molecule has 1 N–H and O–H groups in total. The van der Waals surface area contributed by atoms with Crippen molar-refractivity contribution in [3.63, 3.8) is 0 Å². The zero-order valence-electron chi connectivity index (χ0n) is 13.4. The van der Waals surface area contributed by atoms with Crippen molar-refractivity contribution >= 4 is 0 Å². The molecule has 2 heteroatoms. The highest BCUT2D eigenvalue weighted by Gasteiger charge is 2.34. The van der Waals surface area contributed by atoms with E-state index in [1.165, 1.54) is 38.8 Å². The summed E-state index contributed by atoms with van der Waals surface area (Å²) in [6.45, 7) is 12.0. The van der Waals surface area contributed by atoms with Gasteiger partial charge < -0.3 is 10.2 Å². The van der Waals surface area contributed by atoms with Gasteiger partial charge in [0, 0.05) is 19.1 Å². The first-order chi connectivity index (χ1) is 8.38. The van der Waals surface area contributed by atoms with Crippen LogP contribution >= 0.6 is 0 Å². The molecule has 1 aliphatic carbocycles. The van der Waals surface area contributed by atoms with Crippen molar-refractivity contribution < 1.29 is 0 Å². The average Bonchev–Trinajstić information content (AvgIpc) is 2.27. The minimum absolute atomic E-state index is 0.537. The molecule has 1 aliphatic rings. The lowest BCUT2D eigenvalue weighted by Gasteiger charge is -2.42. The lowest BCUT2D eigenvalue weighted by atomic mass is 9.69. The molecule has 108 valence electrons. The van der Waals surface area contributed by atoms with Gasteiger partial charge in [-0.2, -0.15) is 0 Å². The quantitative estimate of drug-likeness (QED) is 0.782.